The lowest BCUT2D eigenvalue weighted by atomic mass is 10.2. The van der Waals surface area contributed by atoms with Crippen LogP contribution in [0.25, 0.3) is 0 Å². The lowest BCUT2D eigenvalue weighted by Crippen LogP contribution is -2.52. The Balaban J connectivity index is 2.43. The third-order valence-corrected chi connectivity index (χ3v) is 2.78. The molecule has 2 unspecified atom stereocenters. The molecule has 0 aromatic heterocycles. The van der Waals surface area contributed by atoms with Gasteiger partial charge in [0, 0.05) is 31.6 Å². The molecule has 0 saturated carbocycles. The Bertz CT molecular complexity index is 146. The fourth-order valence-electron chi connectivity index (χ4n) is 1.72. The summed E-state index contributed by atoms with van der Waals surface area (Å²) in [5.74, 6) is 0.633. The average Bonchev–Trinajstić information content (AvgIpc) is 2.18. The van der Waals surface area contributed by atoms with Gasteiger partial charge in [0.2, 0.25) is 0 Å². The first-order chi connectivity index (χ1) is 6.29. The van der Waals surface area contributed by atoms with E-state index in [1.807, 2.05) is 0 Å². The summed E-state index contributed by atoms with van der Waals surface area (Å²) in [6.45, 7) is 5.43. The molecular weight excluding hydrogens is 190 g/mol. The first-order valence-electron chi connectivity index (χ1n) is 4.68. The molecule has 0 aromatic carbocycles. The number of hydrogen-bond acceptors (Lipinski definition) is 3. The van der Waals surface area contributed by atoms with Crippen molar-refractivity contribution in [3.8, 4) is 0 Å². The summed E-state index contributed by atoms with van der Waals surface area (Å²) in [5, 5.41) is 0. The summed E-state index contributed by atoms with van der Waals surface area (Å²) in [6, 6.07) is 0.776. The van der Waals surface area contributed by atoms with Crippen LogP contribution >= 0.6 is 11.6 Å². The molecule has 1 heterocycles. The smallest absolute Gasteiger partial charge is 0.0634 e. The molecule has 1 aliphatic rings. The molecule has 0 aromatic rings. The molecule has 0 radical (unpaired) electrons. The fourth-order valence-corrected chi connectivity index (χ4v) is 1.98. The summed E-state index contributed by atoms with van der Waals surface area (Å²) in [5.41, 5.74) is 0. The van der Waals surface area contributed by atoms with Crippen LogP contribution in [0, 0.1) is 0 Å². The molecule has 1 saturated heterocycles. The molecule has 0 spiro atoms. The minimum absolute atomic E-state index is 0.348. The van der Waals surface area contributed by atoms with Crippen LogP contribution in [0.2, 0.25) is 0 Å². The third-order valence-electron chi connectivity index (χ3n) is 2.43. The first kappa shape index (κ1) is 11.2. The van der Waals surface area contributed by atoms with Gasteiger partial charge in [0.25, 0.3) is 0 Å². The van der Waals surface area contributed by atoms with E-state index in [4.69, 9.17) is 21.1 Å². The number of ether oxygens (including phenoxy) is 2. The van der Waals surface area contributed by atoms with E-state index in [0.29, 0.717) is 18.0 Å². The molecule has 1 fully saturated rings. The van der Waals surface area contributed by atoms with Crippen molar-refractivity contribution < 1.29 is 9.47 Å². The van der Waals surface area contributed by atoms with Crippen molar-refractivity contribution in [3.05, 3.63) is 0 Å². The van der Waals surface area contributed by atoms with Gasteiger partial charge in [-0.05, 0) is 6.92 Å². The van der Waals surface area contributed by atoms with Gasteiger partial charge in [-0.25, -0.2) is 0 Å². The zero-order valence-electron chi connectivity index (χ0n) is 8.33. The average molecular weight is 208 g/mol. The molecule has 1 rings (SSSR count). The standard InChI is InChI=1S/C9H18ClNO2/c1-8(6-12-2)11-3-4-13-7-9(11)5-10/h8-9H,3-7H2,1-2H3. The summed E-state index contributed by atoms with van der Waals surface area (Å²) in [6.07, 6.45) is 0. The van der Waals surface area contributed by atoms with E-state index in [2.05, 4.69) is 11.8 Å². The van der Waals surface area contributed by atoms with Gasteiger partial charge in [0.15, 0.2) is 0 Å². The van der Waals surface area contributed by atoms with Crippen LogP contribution in [0.5, 0.6) is 0 Å². The van der Waals surface area contributed by atoms with E-state index in [-0.39, 0.29) is 0 Å². The molecule has 0 N–H and O–H groups in total. The third kappa shape index (κ3) is 3.09. The van der Waals surface area contributed by atoms with Crippen LogP contribution in [0.1, 0.15) is 6.92 Å². The Morgan fingerprint density at radius 3 is 3.08 bits per heavy atom. The monoisotopic (exact) mass is 207 g/mol. The van der Waals surface area contributed by atoms with Gasteiger partial charge in [0.05, 0.1) is 19.8 Å². The first-order valence-corrected chi connectivity index (χ1v) is 5.21. The largest absolute Gasteiger partial charge is 0.383 e. The van der Waals surface area contributed by atoms with Gasteiger partial charge >= 0.3 is 0 Å². The Morgan fingerprint density at radius 1 is 1.69 bits per heavy atom. The Labute approximate surface area is 84.9 Å². The molecule has 4 heteroatoms. The minimum atomic E-state index is 0.348. The second-order valence-electron chi connectivity index (χ2n) is 3.43. The normalized spacial score (nSPS) is 27.5. The van der Waals surface area contributed by atoms with E-state index in [1.165, 1.54) is 0 Å². The number of halogens is 1. The lowest BCUT2D eigenvalue weighted by molar-refractivity contribution is -0.0320. The maximum absolute atomic E-state index is 5.86. The molecule has 0 aliphatic carbocycles. The van der Waals surface area contributed by atoms with Crippen LogP contribution in [-0.4, -0.2) is 56.3 Å². The van der Waals surface area contributed by atoms with E-state index < -0.39 is 0 Å². The second-order valence-corrected chi connectivity index (χ2v) is 3.73. The van der Waals surface area contributed by atoms with Crippen LogP contribution in [0.4, 0.5) is 0 Å². The quantitative estimate of drug-likeness (QED) is 0.642. The summed E-state index contributed by atoms with van der Waals surface area (Å²) in [7, 11) is 1.73. The molecule has 13 heavy (non-hydrogen) atoms. The highest BCUT2D eigenvalue weighted by atomic mass is 35.5. The van der Waals surface area contributed by atoms with Crippen molar-refractivity contribution in [3.63, 3.8) is 0 Å². The summed E-state index contributed by atoms with van der Waals surface area (Å²) < 4.78 is 10.5. The highest BCUT2D eigenvalue weighted by Crippen LogP contribution is 2.12. The zero-order chi connectivity index (χ0) is 9.68. The number of nitrogens with zero attached hydrogens (tertiary/aromatic N) is 1. The SMILES string of the molecule is COCC(C)N1CCOCC1CCl. The van der Waals surface area contributed by atoms with E-state index in [9.17, 15) is 0 Å². The van der Waals surface area contributed by atoms with Crippen molar-refractivity contribution in [1.82, 2.24) is 4.90 Å². The lowest BCUT2D eigenvalue weighted by Gasteiger charge is -2.38. The van der Waals surface area contributed by atoms with Gasteiger partial charge in [-0.2, -0.15) is 0 Å². The molecule has 1 aliphatic heterocycles. The van der Waals surface area contributed by atoms with Crippen molar-refractivity contribution in [2.24, 2.45) is 0 Å². The number of rotatable bonds is 4. The molecule has 0 bridgehead atoms. The van der Waals surface area contributed by atoms with Gasteiger partial charge in [-0.15, -0.1) is 11.6 Å². The number of morpholine rings is 1. The summed E-state index contributed by atoms with van der Waals surface area (Å²) >= 11 is 5.86. The van der Waals surface area contributed by atoms with Crippen LogP contribution in [0.15, 0.2) is 0 Å². The van der Waals surface area contributed by atoms with E-state index in [0.717, 1.165) is 26.4 Å². The highest BCUT2D eigenvalue weighted by Gasteiger charge is 2.25. The van der Waals surface area contributed by atoms with Crippen molar-refractivity contribution >= 4 is 11.6 Å². The van der Waals surface area contributed by atoms with Gasteiger partial charge in [-0.3, -0.25) is 4.90 Å². The van der Waals surface area contributed by atoms with E-state index in [1.54, 1.807) is 7.11 Å². The maximum Gasteiger partial charge on any atom is 0.0634 e. The fraction of sp³-hybridized carbons (Fsp3) is 1.00. The van der Waals surface area contributed by atoms with Gasteiger partial charge in [0.1, 0.15) is 0 Å². The molecule has 0 amide bonds. The van der Waals surface area contributed by atoms with Crippen molar-refractivity contribution in [2.75, 3.05) is 39.4 Å². The predicted octanol–water partition coefficient (Wildman–Crippen LogP) is 0.961. The Morgan fingerprint density at radius 2 is 2.46 bits per heavy atom. The Hall–Kier alpha value is 0.170. The predicted molar refractivity (Wildman–Crippen MR) is 53.4 cm³/mol. The number of alkyl halides is 1. The number of hydrogen-bond donors (Lipinski definition) is 0. The molecular formula is C9H18ClNO2. The topological polar surface area (TPSA) is 21.7 Å². The Kier molecular flexibility index (Phi) is 5.02. The number of methoxy groups -OCH3 is 1. The van der Waals surface area contributed by atoms with Gasteiger partial charge < -0.3 is 9.47 Å². The van der Waals surface area contributed by atoms with Crippen LogP contribution < -0.4 is 0 Å². The zero-order valence-corrected chi connectivity index (χ0v) is 9.09. The van der Waals surface area contributed by atoms with Crippen LogP contribution in [-0.2, 0) is 9.47 Å². The molecule has 78 valence electrons. The summed E-state index contributed by atoms with van der Waals surface area (Å²) in [4.78, 5) is 2.36. The van der Waals surface area contributed by atoms with Gasteiger partial charge in [-0.1, -0.05) is 0 Å². The van der Waals surface area contributed by atoms with E-state index >= 15 is 0 Å². The maximum atomic E-state index is 5.86. The molecule has 3 nitrogen and oxygen atoms in total. The minimum Gasteiger partial charge on any atom is -0.383 e. The van der Waals surface area contributed by atoms with Crippen molar-refractivity contribution in [1.29, 1.82) is 0 Å². The highest BCUT2D eigenvalue weighted by molar-refractivity contribution is 6.18. The second kappa shape index (κ2) is 5.81. The van der Waals surface area contributed by atoms with Crippen LogP contribution in [0.3, 0.4) is 0 Å². The van der Waals surface area contributed by atoms with Crippen molar-refractivity contribution in [2.45, 2.75) is 19.0 Å². The molecule has 2 atom stereocenters.